The Morgan fingerprint density at radius 3 is 2.00 bits per heavy atom. The van der Waals surface area contributed by atoms with E-state index in [2.05, 4.69) is 21.0 Å². The van der Waals surface area contributed by atoms with Crippen LogP contribution < -0.4 is 15.5 Å². The number of nitrogen functional groups attached to an aromatic ring is 1. The quantitative estimate of drug-likeness (QED) is 0.785. The lowest BCUT2D eigenvalue weighted by molar-refractivity contribution is 0.765. The van der Waals surface area contributed by atoms with Gasteiger partial charge in [0.25, 0.3) is 0 Å². The Morgan fingerprint density at radius 1 is 1.00 bits per heavy atom. The second-order valence-electron chi connectivity index (χ2n) is 3.95. The molecule has 0 aliphatic heterocycles. The third-order valence-electron chi connectivity index (χ3n) is 2.83. The van der Waals surface area contributed by atoms with E-state index >= 15 is 0 Å². The molecule has 0 unspecified atom stereocenters. The molecular weight excluding hydrogens is 242 g/mol. The SMILES string of the molecule is CCN(CC)c1nc(N)nc(N(CC)CCC#N)n1. The van der Waals surface area contributed by atoms with Gasteiger partial charge in [0.2, 0.25) is 17.8 Å². The van der Waals surface area contributed by atoms with Gasteiger partial charge in [0.15, 0.2) is 0 Å². The summed E-state index contributed by atoms with van der Waals surface area (Å²) in [6, 6.07) is 2.12. The molecular formula is C12H21N7. The lowest BCUT2D eigenvalue weighted by Crippen LogP contribution is -2.29. The monoisotopic (exact) mass is 263 g/mol. The summed E-state index contributed by atoms with van der Waals surface area (Å²) in [5.41, 5.74) is 5.75. The second kappa shape index (κ2) is 7.36. The first kappa shape index (κ1) is 15.0. The van der Waals surface area contributed by atoms with Gasteiger partial charge in [0.1, 0.15) is 0 Å². The lowest BCUT2D eigenvalue weighted by Gasteiger charge is -2.23. The van der Waals surface area contributed by atoms with Crippen LogP contribution in [-0.2, 0) is 0 Å². The Morgan fingerprint density at radius 2 is 1.53 bits per heavy atom. The maximum atomic E-state index is 8.67. The first-order chi connectivity index (χ1) is 9.15. The molecule has 7 heteroatoms. The second-order valence-corrected chi connectivity index (χ2v) is 3.95. The van der Waals surface area contributed by atoms with Crippen LogP contribution in [0.25, 0.3) is 0 Å². The molecule has 0 saturated carbocycles. The summed E-state index contributed by atoms with van der Waals surface area (Å²) < 4.78 is 0. The number of nitrogens with zero attached hydrogens (tertiary/aromatic N) is 6. The average Bonchev–Trinajstić information content (AvgIpc) is 2.40. The van der Waals surface area contributed by atoms with Gasteiger partial charge in [0.05, 0.1) is 12.5 Å². The highest BCUT2D eigenvalue weighted by atomic mass is 15.3. The fourth-order valence-electron chi connectivity index (χ4n) is 1.74. The predicted octanol–water partition coefficient (Wildman–Crippen LogP) is 1.04. The Bertz CT molecular complexity index is 436. The molecule has 19 heavy (non-hydrogen) atoms. The molecule has 2 N–H and O–H groups in total. The minimum Gasteiger partial charge on any atom is -0.368 e. The molecule has 0 bridgehead atoms. The van der Waals surface area contributed by atoms with Crippen molar-refractivity contribution in [1.29, 1.82) is 5.26 Å². The number of hydrogen-bond donors (Lipinski definition) is 1. The molecule has 1 aromatic heterocycles. The minimum absolute atomic E-state index is 0.210. The van der Waals surface area contributed by atoms with Gasteiger partial charge >= 0.3 is 0 Å². The van der Waals surface area contributed by atoms with Crippen LogP contribution in [0.3, 0.4) is 0 Å². The number of hydrogen-bond acceptors (Lipinski definition) is 7. The molecule has 1 aromatic rings. The van der Waals surface area contributed by atoms with E-state index in [0.29, 0.717) is 24.9 Å². The van der Waals surface area contributed by atoms with E-state index in [-0.39, 0.29) is 5.95 Å². The third-order valence-corrected chi connectivity index (χ3v) is 2.83. The Labute approximate surface area is 114 Å². The van der Waals surface area contributed by atoms with Crippen LogP contribution in [0.15, 0.2) is 0 Å². The van der Waals surface area contributed by atoms with Gasteiger partial charge in [-0.25, -0.2) is 0 Å². The van der Waals surface area contributed by atoms with Crippen molar-refractivity contribution in [2.45, 2.75) is 27.2 Å². The molecule has 0 atom stereocenters. The number of nitrogens with two attached hydrogens (primary N) is 1. The molecule has 0 amide bonds. The van der Waals surface area contributed by atoms with E-state index in [1.54, 1.807) is 0 Å². The van der Waals surface area contributed by atoms with Crippen molar-refractivity contribution in [3.63, 3.8) is 0 Å². The minimum atomic E-state index is 0.210. The van der Waals surface area contributed by atoms with Crippen LogP contribution >= 0.6 is 0 Å². The molecule has 0 aliphatic carbocycles. The van der Waals surface area contributed by atoms with Crippen LogP contribution in [0.2, 0.25) is 0 Å². The molecule has 104 valence electrons. The molecule has 0 aliphatic rings. The van der Waals surface area contributed by atoms with E-state index in [1.165, 1.54) is 0 Å². The molecule has 0 aromatic carbocycles. The van der Waals surface area contributed by atoms with Crippen molar-refractivity contribution in [3.05, 3.63) is 0 Å². The van der Waals surface area contributed by atoms with E-state index in [1.807, 2.05) is 30.6 Å². The van der Waals surface area contributed by atoms with Crippen LogP contribution in [0.4, 0.5) is 17.8 Å². The maximum Gasteiger partial charge on any atom is 0.231 e. The van der Waals surface area contributed by atoms with Crippen molar-refractivity contribution in [2.24, 2.45) is 0 Å². The summed E-state index contributed by atoms with van der Waals surface area (Å²) in [7, 11) is 0. The van der Waals surface area contributed by atoms with Crippen LogP contribution in [0.5, 0.6) is 0 Å². The summed E-state index contributed by atoms with van der Waals surface area (Å²) in [4.78, 5) is 16.7. The van der Waals surface area contributed by atoms with Crippen molar-refractivity contribution >= 4 is 17.8 Å². The highest BCUT2D eigenvalue weighted by molar-refractivity contribution is 5.43. The number of nitriles is 1. The zero-order chi connectivity index (χ0) is 14.3. The Hall–Kier alpha value is -2.10. The molecule has 1 heterocycles. The smallest absolute Gasteiger partial charge is 0.231 e. The van der Waals surface area contributed by atoms with Crippen molar-refractivity contribution < 1.29 is 0 Å². The number of anilines is 3. The highest BCUT2D eigenvalue weighted by Crippen LogP contribution is 2.15. The normalized spacial score (nSPS) is 10.0. The summed E-state index contributed by atoms with van der Waals surface area (Å²) >= 11 is 0. The summed E-state index contributed by atoms with van der Waals surface area (Å²) in [6.07, 6.45) is 0.431. The molecule has 0 fully saturated rings. The maximum absolute atomic E-state index is 8.67. The van der Waals surface area contributed by atoms with Gasteiger partial charge in [-0.1, -0.05) is 0 Å². The topological polar surface area (TPSA) is 95.0 Å². The molecule has 0 spiro atoms. The van der Waals surface area contributed by atoms with Crippen LogP contribution in [-0.4, -0.2) is 41.1 Å². The fraction of sp³-hybridized carbons (Fsp3) is 0.667. The first-order valence-corrected chi connectivity index (χ1v) is 6.54. The third kappa shape index (κ3) is 3.95. The standard InChI is InChI=1S/C12H21N7/c1-4-18(5-2)11-15-10(14)16-12(17-11)19(6-3)9-7-8-13/h4-7,9H2,1-3H3,(H2,14,15,16,17). The largest absolute Gasteiger partial charge is 0.368 e. The predicted molar refractivity (Wildman–Crippen MR) is 75.9 cm³/mol. The Kier molecular flexibility index (Phi) is 5.79. The van der Waals surface area contributed by atoms with Gasteiger partial charge < -0.3 is 15.5 Å². The van der Waals surface area contributed by atoms with Gasteiger partial charge in [-0.2, -0.15) is 20.2 Å². The van der Waals surface area contributed by atoms with Gasteiger partial charge in [-0.3, -0.25) is 0 Å². The van der Waals surface area contributed by atoms with E-state index < -0.39 is 0 Å². The Balaban J connectivity index is 3.03. The van der Waals surface area contributed by atoms with Crippen molar-refractivity contribution in [2.75, 3.05) is 41.7 Å². The van der Waals surface area contributed by atoms with Crippen LogP contribution in [0, 0.1) is 11.3 Å². The molecule has 0 radical (unpaired) electrons. The van der Waals surface area contributed by atoms with Crippen LogP contribution in [0.1, 0.15) is 27.2 Å². The average molecular weight is 263 g/mol. The molecule has 7 nitrogen and oxygen atoms in total. The van der Waals surface area contributed by atoms with E-state index in [9.17, 15) is 0 Å². The van der Waals surface area contributed by atoms with Crippen molar-refractivity contribution in [3.8, 4) is 6.07 Å². The van der Waals surface area contributed by atoms with Crippen molar-refractivity contribution in [1.82, 2.24) is 15.0 Å². The van der Waals surface area contributed by atoms with E-state index in [0.717, 1.165) is 19.6 Å². The number of aromatic nitrogens is 3. The summed E-state index contributed by atoms with van der Waals surface area (Å²) in [5.74, 6) is 1.33. The summed E-state index contributed by atoms with van der Waals surface area (Å²) in [6.45, 7) is 9.01. The zero-order valence-electron chi connectivity index (χ0n) is 11.8. The lowest BCUT2D eigenvalue weighted by atomic mass is 10.4. The van der Waals surface area contributed by atoms with E-state index in [4.69, 9.17) is 11.0 Å². The molecule has 0 saturated heterocycles. The zero-order valence-corrected chi connectivity index (χ0v) is 11.8. The molecule has 1 rings (SSSR count). The van der Waals surface area contributed by atoms with Gasteiger partial charge in [0, 0.05) is 26.2 Å². The van der Waals surface area contributed by atoms with Gasteiger partial charge in [-0.05, 0) is 20.8 Å². The fourth-order valence-corrected chi connectivity index (χ4v) is 1.74. The van der Waals surface area contributed by atoms with Gasteiger partial charge in [-0.15, -0.1) is 0 Å². The summed E-state index contributed by atoms with van der Waals surface area (Å²) in [5, 5.41) is 8.67. The first-order valence-electron chi connectivity index (χ1n) is 6.54. The number of rotatable bonds is 7. The highest BCUT2D eigenvalue weighted by Gasteiger charge is 2.13.